The highest BCUT2D eigenvalue weighted by atomic mass is 16.4. The average Bonchev–Trinajstić information content (AvgIpc) is 2.81. The lowest BCUT2D eigenvalue weighted by Gasteiger charge is -2.13. The first-order chi connectivity index (χ1) is 8.95. The van der Waals surface area contributed by atoms with Crippen molar-refractivity contribution in [3.05, 3.63) is 23.7 Å². The maximum atomic E-state index is 11.9. The molecule has 0 aliphatic rings. The van der Waals surface area contributed by atoms with Crippen LogP contribution in [0.25, 0.3) is 0 Å². The molecule has 0 radical (unpaired) electrons. The summed E-state index contributed by atoms with van der Waals surface area (Å²) in [5.41, 5.74) is 0.268. The molecule has 0 saturated carbocycles. The van der Waals surface area contributed by atoms with Gasteiger partial charge in [-0.15, -0.1) is 0 Å². The van der Waals surface area contributed by atoms with E-state index in [1.165, 1.54) is 12.3 Å². The lowest BCUT2D eigenvalue weighted by Crippen LogP contribution is -2.41. The summed E-state index contributed by atoms with van der Waals surface area (Å²) in [4.78, 5) is 33.2. The Bertz CT molecular complexity index is 478. The second-order valence-electron chi connectivity index (χ2n) is 3.91. The minimum absolute atomic E-state index is 0.171. The summed E-state index contributed by atoms with van der Waals surface area (Å²) in [5, 5.41) is 19.7. The zero-order valence-corrected chi connectivity index (χ0v) is 10.4. The molecule has 0 bridgehead atoms. The average molecular weight is 269 g/mol. The van der Waals surface area contributed by atoms with Crippen LogP contribution in [0.1, 0.15) is 35.9 Å². The molecule has 1 aromatic rings. The van der Waals surface area contributed by atoms with Crippen molar-refractivity contribution < 1.29 is 29.0 Å². The van der Waals surface area contributed by atoms with E-state index in [2.05, 4.69) is 5.32 Å². The standard InChI is InChI=1S/C12H15NO6/c1-2-9-7(5-6-19-9)11(16)13-8(12(17)18)3-4-10(14)15/h5-6,8H,2-4H2,1H3,(H,13,16)(H,14,15)(H,17,18)/t8-/m0/s1. The number of furan rings is 1. The third-order valence-corrected chi connectivity index (χ3v) is 2.56. The van der Waals surface area contributed by atoms with Gasteiger partial charge in [0.1, 0.15) is 11.8 Å². The van der Waals surface area contributed by atoms with E-state index in [0.29, 0.717) is 12.2 Å². The number of hydrogen-bond acceptors (Lipinski definition) is 4. The summed E-state index contributed by atoms with van der Waals surface area (Å²) in [7, 11) is 0. The first kappa shape index (κ1) is 14.7. The molecule has 0 spiro atoms. The van der Waals surface area contributed by atoms with Crippen molar-refractivity contribution >= 4 is 17.8 Å². The predicted octanol–water partition coefficient (Wildman–Crippen LogP) is 0.890. The monoisotopic (exact) mass is 269 g/mol. The molecule has 0 fully saturated rings. The van der Waals surface area contributed by atoms with Gasteiger partial charge in [0, 0.05) is 12.8 Å². The second kappa shape index (κ2) is 6.58. The first-order valence-corrected chi connectivity index (χ1v) is 5.77. The molecule has 3 N–H and O–H groups in total. The second-order valence-corrected chi connectivity index (χ2v) is 3.91. The minimum atomic E-state index is -1.27. The number of hydrogen-bond donors (Lipinski definition) is 3. The van der Waals surface area contributed by atoms with Crippen molar-refractivity contribution in [1.29, 1.82) is 0 Å². The van der Waals surface area contributed by atoms with E-state index in [1.807, 2.05) is 0 Å². The smallest absolute Gasteiger partial charge is 0.326 e. The van der Waals surface area contributed by atoms with Gasteiger partial charge in [0.25, 0.3) is 5.91 Å². The quantitative estimate of drug-likeness (QED) is 0.676. The van der Waals surface area contributed by atoms with Gasteiger partial charge in [-0.2, -0.15) is 0 Å². The molecule has 7 nitrogen and oxygen atoms in total. The molecule has 0 unspecified atom stereocenters. The van der Waals surface area contributed by atoms with Crippen LogP contribution in [0.3, 0.4) is 0 Å². The number of carboxylic acids is 2. The fourth-order valence-corrected chi connectivity index (χ4v) is 1.58. The fraction of sp³-hybridized carbons (Fsp3) is 0.417. The van der Waals surface area contributed by atoms with Gasteiger partial charge in [0.2, 0.25) is 0 Å². The summed E-state index contributed by atoms with van der Waals surface area (Å²) in [6, 6.07) is 0.216. The Morgan fingerprint density at radius 3 is 2.58 bits per heavy atom. The fourth-order valence-electron chi connectivity index (χ4n) is 1.58. The molecule has 1 amide bonds. The maximum absolute atomic E-state index is 11.9. The van der Waals surface area contributed by atoms with Gasteiger partial charge in [0.15, 0.2) is 0 Å². The van der Waals surface area contributed by atoms with Crippen molar-refractivity contribution in [2.45, 2.75) is 32.2 Å². The number of carbonyl (C=O) groups is 3. The molecule has 1 rings (SSSR count). The number of carbonyl (C=O) groups excluding carboxylic acids is 1. The van der Waals surface area contributed by atoms with Crippen molar-refractivity contribution in [2.24, 2.45) is 0 Å². The van der Waals surface area contributed by atoms with Crippen LogP contribution < -0.4 is 5.32 Å². The summed E-state index contributed by atoms with van der Waals surface area (Å²) in [6.07, 6.45) is 1.35. The number of nitrogens with one attached hydrogen (secondary N) is 1. The molecule has 0 aliphatic carbocycles. The van der Waals surface area contributed by atoms with Crippen LogP contribution >= 0.6 is 0 Å². The Labute approximate surface area is 109 Å². The van der Waals surface area contributed by atoms with Gasteiger partial charge in [-0.1, -0.05) is 6.92 Å². The van der Waals surface area contributed by atoms with E-state index >= 15 is 0 Å². The van der Waals surface area contributed by atoms with Gasteiger partial charge < -0.3 is 19.9 Å². The van der Waals surface area contributed by atoms with Crippen molar-refractivity contribution in [1.82, 2.24) is 5.32 Å². The third kappa shape index (κ3) is 4.13. The molecular formula is C12H15NO6. The number of carboxylic acid groups (broad SMARTS) is 2. The normalized spacial score (nSPS) is 11.8. The Hall–Kier alpha value is -2.31. The van der Waals surface area contributed by atoms with Gasteiger partial charge >= 0.3 is 11.9 Å². The minimum Gasteiger partial charge on any atom is -0.481 e. The van der Waals surface area contributed by atoms with Crippen LogP contribution in [0.15, 0.2) is 16.7 Å². The zero-order chi connectivity index (χ0) is 14.4. The molecule has 1 heterocycles. The molecule has 1 aromatic heterocycles. The van der Waals surface area contributed by atoms with Crippen LogP contribution in [0, 0.1) is 0 Å². The SMILES string of the molecule is CCc1occc1C(=O)N[C@@H](CCC(=O)O)C(=O)O. The molecule has 104 valence electrons. The van der Waals surface area contributed by atoms with Crippen LogP contribution in [0.2, 0.25) is 0 Å². The molecular weight excluding hydrogens is 254 g/mol. The lowest BCUT2D eigenvalue weighted by atomic mass is 10.1. The number of aryl methyl sites for hydroxylation is 1. The lowest BCUT2D eigenvalue weighted by molar-refractivity contribution is -0.140. The maximum Gasteiger partial charge on any atom is 0.326 e. The van der Waals surface area contributed by atoms with E-state index in [4.69, 9.17) is 14.6 Å². The Morgan fingerprint density at radius 1 is 1.37 bits per heavy atom. The number of amides is 1. The third-order valence-electron chi connectivity index (χ3n) is 2.56. The van der Waals surface area contributed by atoms with E-state index in [0.717, 1.165) is 0 Å². The molecule has 0 saturated heterocycles. The van der Waals surface area contributed by atoms with Crippen molar-refractivity contribution in [2.75, 3.05) is 0 Å². The largest absolute Gasteiger partial charge is 0.481 e. The Morgan fingerprint density at radius 2 is 2.05 bits per heavy atom. The summed E-state index contributed by atoms with van der Waals surface area (Å²) in [5.74, 6) is -2.50. The highest BCUT2D eigenvalue weighted by molar-refractivity contribution is 5.97. The van der Waals surface area contributed by atoms with E-state index in [9.17, 15) is 14.4 Å². The molecule has 0 aliphatic heterocycles. The van der Waals surface area contributed by atoms with E-state index in [-0.39, 0.29) is 18.4 Å². The summed E-state index contributed by atoms with van der Waals surface area (Å²) >= 11 is 0. The van der Waals surface area contributed by atoms with Gasteiger partial charge in [-0.3, -0.25) is 9.59 Å². The zero-order valence-electron chi connectivity index (χ0n) is 10.4. The molecule has 0 aromatic carbocycles. The molecule has 7 heteroatoms. The van der Waals surface area contributed by atoms with Gasteiger partial charge in [-0.25, -0.2) is 4.79 Å². The van der Waals surface area contributed by atoms with Crippen LogP contribution in [-0.4, -0.2) is 34.1 Å². The van der Waals surface area contributed by atoms with Gasteiger partial charge in [-0.05, 0) is 12.5 Å². The van der Waals surface area contributed by atoms with E-state index in [1.54, 1.807) is 6.92 Å². The molecule has 1 atom stereocenters. The van der Waals surface area contributed by atoms with Crippen LogP contribution in [-0.2, 0) is 16.0 Å². The topological polar surface area (TPSA) is 117 Å². The van der Waals surface area contributed by atoms with Gasteiger partial charge in [0.05, 0.1) is 11.8 Å². The van der Waals surface area contributed by atoms with Crippen LogP contribution in [0.5, 0.6) is 0 Å². The van der Waals surface area contributed by atoms with E-state index < -0.39 is 23.9 Å². The summed E-state index contributed by atoms with van der Waals surface area (Å²) in [6.45, 7) is 1.80. The Balaban J connectivity index is 2.71. The first-order valence-electron chi connectivity index (χ1n) is 5.77. The highest BCUT2D eigenvalue weighted by Gasteiger charge is 2.23. The predicted molar refractivity (Wildman–Crippen MR) is 63.8 cm³/mol. The van der Waals surface area contributed by atoms with Crippen molar-refractivity contribution in [3.63, 3.8) is 0 Å². The molecule has 19 heavy (non-hydrogen) atoms. The number of aliphatic carboxylic acids is 2. The van der Waals surface area contributed by atoms with Crippen molar-refractivity contribution in [3.8, 4) is 0 Å². The summed E-state index contributed by atoms with van der Waals surface area (Å²) < 4.78 is 5.07. The Kier molecular flexibility index (Phi) is 5.11. The number of rotatable bonds is 7. The van der Waals surface area contributed by atoms with Crippen LogP contribution in [0.4, 0.5) is 0 Å². The highest BCUT2D eigenvalue weighted by Crippen LogP contribution is 2.11.